The van der Waals surface area contributed by atoms with Crippen molar-refractivity contribution < 1.29 is 4.79 Å². The molecule has 0 aliphatic heterocycles. The van der Waals surface area contributed by atoms with Crippen LogP contribution in [0.15, 0.2) is 12.5 Å². The average molecular weight is 221 g/mol. The number of hydrogen-bond donors (Lipinski definition) is 2. The van der Waals surface area contributed by atoms with Gasteiger partial charge in [-0.15, -0.1) is 5.10 Å². The van der Waals surface area contributed by atoms with Crippen molar-refractivity contribution in [2.24, 2.45) is 11.7 Å². The van der Waals surface area contributed by atoms with E-state index in [4.69, 9.17) is 5.73 Å². The van der Waals surface area contributed by atoms with E-state index >= 15 is 0 Å². The molecule has 0 saturated heterocycles. The Hall–Kier alpha value is -1.72. The van der Waals surface area contributed by atoms with Crippen molar-refractivity contribution in [2.45, 2.75) is 31.7 Å². The van der Waals surface area contributed by atoms with Crippen LogP contribution in [0.25, 0.3) is 0 Å². The first-order valence-electron chi connectivity index (χ1n) is 5.44. The third-order valence-corrected chi connectivity index (χ3v) is 2.98. The summed E-state index contributed by atoms with van der Waals surface area (Å²) in [4.78, 5) is 15.0. The Labute approximate surface area is 93.7 Å². The lowest BCUT2D eigenvalue weighted by Gasteiger charge is -2.27. The van der Waals surface area contributed by atoms with E-state index in [2.05, 4.69) is 20.5 Å². The molecule has 1 fully saturated rings. The van der Waals surface area contributed by atoms with E-state index in [-0.39, 0.29) is 11.8 Å². The molecule has 3 N–H and O–H groups in total. The number of nitrogens with one attached hydrogen (secondary N) is 1. The molecular formula is C10H15N5O. The van der Waals surface area contributed by atoms with Gasteiger partial charge in [0.2, 0.25) is 5.91 Å². The van der Waals surface area contributed by atoms with E-state index in [9.17, 15) is 4.79 Å². The van der Waals surface area contributed by atoms with Crippen LogP contribution in [0.3, 0.4) is 0 Å². The van der Waals surface area contributed by atoms with Crippen molar-refractivity contribution in [3.63, 3.8) is 0 Å². The van der Waals surface area contributed by atoms with Crippen molar-refractivity contribution in [3.05, 3.63) is 12.5 Å². The fraction of sp³-hybridized carbons (Fsp3) is 0.600. The molecule has 0 unspecified atom stereocenters. The van der Waals surface area contributed by atoms with Crippen LogP contribution < -0.4 is 11.1 Å². The SMILES string of the molecule is NC(=O)C1CCC(Nc2cnncn2)CC1. The first-order valence-corrected chi connectivity index (χ1v) is 5.44. The third-order valence-electron chi connectivity index (χ3n) is 2.98. The number of hydrogen-bond acceptors (Lipinski definition) is 5. The predicted molar refractivity (Wildman–Crippen MR) is 58.4 cm³/mol. The van der Waals surface area contributed by atoms with Gasteiger partial charge in [0.1, 0.15) is 12.1 Å². The number of rotatable bonds is 3. The van der Waals surface area contributed by atoms with Gasteiger partial charge in [0.15, 0.2) is 0 Å². The molecule has 1 saturated carbocycles. The highest BCUT2D eigenvalue weighted by Gasteiger charge is 2.24. The van der Waals surface area contributed by atoms with Gasteiger partial charge in [-0.2, -0.15) is 5.10 Å². The number of amides is 1. The molecule has 0 bridgehead atoms. The summed E-state index contributed by atoms with van der Waals surface area (Å²) in [6.07, 6.45) is 6.60. The Balaban J connectivity index is 1.84. The summed E-state index contributed by atoms with van der Waals surface area (Å²) >= 11 is 0. The molecule has 16 heavy (non-hydrogen) atoms. The predicted octanol–water partition coefficient (Wildman–Crippen LogP) is 0.328. The summed E-state index contributed by atoms with van der Waals surface area (Å²) in [7, 11) is 0. The minimum Gasteiger partial charge on any atom is -0.369 e. The van der Waals surface area contributed by atoms with Gasteiger partial charge in [-0.25, -0.2) is 4.98 Å². The topological polar surface area (TPSA) is 93.8 Å². The summed E-state index contributed by atoms with van der Waals surface area (Å²) in [5, 5.41) is 10.6. The summed E-state index contributed by atoms with van der Waals surface area (Å²) in [5.74, 6) is 0.598. The lowest BCUT2D eigenvalue weighted by molar-refractivity contribution is -0.122. The van der Waals surface area contributed by atoms with E-state index in [0.29, 0.717) is 6.04 Å². The lowest BCUT2D eigenvalue weighted by Crippen LogP contribution is -2.32. The van der Waals surface area contributed by atoms with Crippen molar-refractivity contribution in [1.29, 1.82) is 0 Å². The largest absolute Gasteiger partial charge is 0.369 e. The summed E-state index contributed by atoms with van der Waals surface area (Å²) in [6.45, 7) is 0. The van der Waals surface area contributed by atoms with Gasteiger partial charge < -0.3 is 11.1 Å². The Bertz CT molecular complexity index is 347. The monoisotopic (exact) mass is 221 g/mol. The second-order valence-electron chi connectivity index (χ2n) is 4.09. The van der Waals surface area contributed by atoms with Crippen molar-refractivity contribution in [2.75, 3.05) is 5.32 Å². The molecule has 1 aliphatic rings. The molecule has 1 amide bonds. The highest BCUT2D eigenvalue weighted by atomic mass is 16.1. The first kappa shape index (κ1) is 10.8. The minimum absolute atomic E-state index is 0.0431. The molecule has 2 rings (SSSR count). The highest BCUT2D eigenvalue weighted by molar-refractivity contribution is 5.76. The maximum atomic E-state index is 11.0. The van der Waals surface area contributed by atoms with Gasteiger partial charge in [-0.05, 0) is 25.7 Å². The fourth-order valence-electron chi connectivity index (χ4n) is 2.05. The molecule has 0 spiro atoms. The van der Waals surface area contributed by atoms with Crippen LogP contribution in [0.5, 0.6) is 0 Å². The van der Waals surface area contributed by atoms with Crippen molar-refractivity contribution in [1.82, 2.24) is 15.2 Å². The number of aromatic nitrogens is 3. The molecular weight excluding hydrogens is 206 g/mol. The second-order valence-corrected chi connectivity index (χ2v) is 4.09. The van der Waals surface area contributed by atoms with Crippen LogP contribution >= 0.6 is 0 Å². The number of carbonyl (C=O) groups is 1. The minimum atomic E-state index is -0.179. The van der Waals surface area contributed by atoms with Crippen LogP contribution in [-0.4, -0.2) is 27.1 Å². The third kappa shape index (κ3) is 2.65. The maximum Gasteiger partial charge on any atom is 0.220 e. The molecule has 6 heteroatoms. The van der Waals surface area contributed by atoms with Crippen LogP contribution in [0, 0.1) is 5.92 Å². The number of carbonyl (C=O) groups excluding carboxylic acids is 1. The zero-order chi connectivity index (χ0) is 11.4. The fourth-order valence-corrected chi connectivity index (χ4v) is 2.05. The molecule has 0 atom stereocenters. The first-order chi connectivity index (χ1) is 7.75. The van der Waals surface area contributed by atoms with Crippen molar-refractivity contribution >= 4 is 11.7 Å². The van der Waals surface area contributed by atoms with E-state index < -0.39 is 0 Å². The Morgan fingerprint density at radius 3 is 2.62 bits per heavy atom. The Kier molecular flexibility index (Phi) is 3.28. The zero-order valence-electron chi connectivity index (χ0n) is 8.97. The van der Waals surface area contributed by atoms with Crippen LogP contribution in [0.2, 0.25) is 0 Å². The molecule has 86 valence electrons. The quantitative estimate of drug-likeness (QED) is 0.767. The van der Waals surface area contributed by atoms with E-state index in [1.807, 2.05) is 0 Å². The number of primary amides is 1. The van der Waals surface area contributed by atoms with Gasteiger partial charge in [-0.3, -0.25) is 4.79 Å². The Morgan fingerprint density at radius 2 is 2.06 bits per heavy atom. The summed E-state index contributed by atoms with van der Waals surface area (Å²) in [6, 6.07) is 0.354. The average Bonchev–Trinajstić information content (AvgIpc) is 2.31. The van der Waals surface area contributed by atoms with Gasteiger partial charge in [-0.1, -0.05) is 0 Å². The molecule has 1 aliphatic carbocycles. The molecule has 1 heterocycles. The van der Waals surface area contributed by atoms with Crippen LogP contribution in [-0.2, 0) is 4.79 Å². The number of nitrogens with zero attached hydrogens (tertiary/aromatic N) is 3. The molecule has 0 radical (unpaired) electrons. The van der Waals surface area contributed by atoms with E-state index in [1.165, 1.54) is 6.33 Å². The highest BCUT2D eigenvalue weighted by Crippen LogP contribution is 2.25. The van der Waals surface area contributed by atoms with Gasteiger partial charge in [0, 0.05) is 12.0 Å². The zero-order valence-corrected chi connectivity index (χ0v) is 8.97. The summed E-state index contributed by atoms with van der Waals surface area (Å²) in [5.41, 5.74) is 5.28. The van der Waals surface area contributed by atoms with Gasteiger partial charge in [0.25, 0.3) is 0 Å². The van der Waals surface area contributed by atoms with Crippen LogP contribution in [0.4, 0.5) is 5.82 Å². The molecule has 0 aromatic carbocycles. The lowest BCUT2D eigenvalue weighted by atomic mass is 9.85. The van der Waals surface area contributed by atoms with E-state index in [1.54, 1.807) is 6.20 Å². The Morgan fingerprint density at radius 1 is 1.31 bits per heavy atom. The molecule has 1 aromatic heterocycles. The number of anilines is 1. The van der Waals surface area contributed by atoms with Crippen LogP contribution in [0.1, 0.15) is 25.7 Å². The molecule has 1 aromatic rings. The van der Waals surface area contributed by atoms with Gasteiger partial charge in [0.05, 0.1) is 6.20 Å². The normalized spacial score (nSPS) is 25.0. The van der Waals surface area contributed by atoms with Crippen molar-refractivity contribution in [3.8, 4) is 0 Å². The van der Waals surface area contributed by atoms with Gasteiger partial charge >= 0.3 is 0 Å². The standard InChI is InChI=1S/C10H15N5O/c11-10(16)7-1-3-8(4-2-7)15-9-5-13-14-6-12-9/h5-8H,1-4H2,(H2,11,16)(H,12,14,15). The number of nitrogens with two attached hydrogens (primary N) is 1. The summed E-state index contributed by atoms with van der Waals surface area (Å²) < 4.78 is 0. The second kappa shape index (κ2) is 4.87. The smallest absolute Gasteiger partial charge is 0.220 e. The molecule has 6 nitrogen and oxygen atoms in total. The maximum absolute atomic E-state index is 11.0. The van der Waals surface area contributed by atoms with E-state index in [0.717, 1.165) is 31.5 Å².